The highest BCUT2D eigenvalue weighted by atomic mass is 15.5. The summed E-state index contributed by atoms with van der Waals surface area (Å²) >= 11 is 0. The van der Waals surface area contributed by atoms with Crippen LogP contribution in [0.3, 0.4) is 0 Å². The fraction of sp³-hybridized carbons (Fsp3) is 0.200. The number of nitrogens with zero attached hydrogens (tertiary/aromatic N) is 1. The van der Waals surface area contributed by atoms with E-state index in [1.54, 1.807) is 0 Å². The van der Waals surface area contributed by atoms with Gasteiger partial charge in [-0.1, -0.05) is 93.6 Å². The number of benzene rings is 3. The van der Waals surface area contributed by atoms with Crippen molar-refractivity contribution in [1.82, 2.24) is 5.43 Å². The molecule has 0 saturated heterocycles. The summed E-state index contributed by atoms with van der Waals surface area (Å²) < 4.78 is 0. The van der Waals surface area contributed by atoms with Crippen molar-refractivity contribution in [3.05, 3.63) is 108 Å². The van der Waals surface area contributed by atoms with Gasteiger partial charge in [0, 0.05) is 0 Å². The van der Waals surface area contributed by atoms with Gasteiger partial charge in [-0.25, -0.2) is 0 Å². The van der Waals surface area contributed by atoms with Gasteiger partial charge in [0.2, 0.25) is 0 Å². The van der Waals surface area contributed by atoms with Crippen molar-refractivity contribution in [2.75, 3.05) is 5.01 Å². The Hall–Kier alpha value is -3.00. The Balaban J connectivity index is 1.71. The fourth-order valence-corrected chi connectivity index (χ4v) is 3.49. The number of anilines is 1. The molecule has 1 heterocycles. The van der Waals surface area contributed by atoms with E-state index >= 15 is 0 Å². The van der Waals surface area contributed by atoms with E-state index in [2.05, 4.69) is 122 Å². The molecule has 2 nitrogen and oxygen atoms in total. The van der Waals surface area contributed by atoms with Crippen LogP contribution in [-0.4, -0.2) is 0 Å². The van der Waals surface area contributed by atoms with Crippen molar-refractivity contribution >= 4 is 11.4 Å². The molecule has 0 saturated carbocycles. The SMILES string of the molecule is CC(C)(C)c1ccc(N2NC(c3ccccc3)=CC2c2ccccc2)cc1. The Morgan fingerprint density at radius 2 is 1.33 bits per heavy atom. The first-order valence-electron chi connectivity index (χ1n) is 9.51. The second kappa shape index (κ2) is 6.96. The summed E-state index contributed by atoms with van der Waals surface area (Å²) in [6.07, 6.45) is 2.31. The molecule has 0 bridgehead atoms. The van der Waals surface area contributed by atoms with Gasteiger partial charge < -0.3 is 0 Å². The molecule has 0 aromatic heterocycles. The second-order valence-electron chi connectivity index (χ2n) is 8.08. The third-order valence-electron chi connectivity index (χ3n) is 5.08. The van der Waals surface area contributed by atoms with Gasteiger partial charge >= 0.3 is 0 Å². The minimum absolute atomic E-state index is 0.155. The summed E-state index contributed by atoms with van der Waals surface area (Å²) in [6, 6.07) is 30.2. The van der Waals surface area contributed by atoms with Crippen molar-refractivity contribution in [1.29, 1.82) is 0 Å². The highest BCUT2D eigenvalue weighted by molar-refractivity contribution is 5.72. The molecule has 4 rings (SSSR count). The van der Waals surface area contributed by atoms with Crippen LogP contribution in [0.15, 0.2) is 91.0 Å². The molecule has 27 heavy (non-hydrogen) atoms. The first-order valence-corrected chi connectivity index (χ1v) is 9.51. The average molecular weight is 354 g/mol. The second-order valence-corrected chi connectivity index (χ2v) is 8.08. The van der Waals surface area contributed by atoms with Crippen molar-refractivity contribution in [2.24, 2.45) is 0 Å². The molecule has 0 spiro atoms. The van der Waals surface area contributed by atoms with E-state index in [4.69, 9.17) is 0 Å². The largest absolute Gasteiger partial charge is 0.297 e. The number of hydrogen-bond donors (Lipinski definition) is 1. The van der Waals surface area contributed by atoms with Gasteiger partial charge in [-0.3, -0.25) is 10.4 Å². The molecule has 1 atom stereocenters. The maximum atomic E-state index is 3.62. The van der Waals surface area contributed by atoms with E-state index in [0.29, 0.717) is 0 Å². The summed E-state index contributed by atoms with van der Waals surface area (Å²) in [5.74, 6) is 0. The number of rotatable bonds is 3. The molecule has 136 valence electrons. The minimum Gasteiger partial charge on any atom is -0.297 e. The van der Waals surface area contributed by atoms with Gasteiger partial charge in [0.25, 0.3) is 0 Å². The number of hydrazine groups is 1. The molecule has 0 amide bonds. The molecule has 1 unspecified atom stereocenters. The molecular formula is C25H26N2. The van der Waals surface area contributed by atoms with E-state index in [9.17, 15) is 0 Å². The molecule has 0 fully saturated rings. The average Bonchev–Trinajstić information content (AvgIpc) is 3.14. The Morgan fingerprint density at radius 3 is 1.93 bits per heavy atom. The zero-order valence-electron chi connectivity index (χ0n) is 16.2. The summed E-state index contributed by atoms with van der Waals surface area (Å²) in [7, 11) is 0. The van der Waals surface area contributed by atoms with Crippen LogP contribution in [0, 0.1) is 0 Å². The van der Waals surface area contributed by atoms with Crippen LogP contribution in [0.25, 0.3) is 5.70 Å². The highest BCUT2D eigenvalue weighted by Crippen LogP contribution is 2.35. The summed E-state index contributed by atoms with van der Waals surface area (Å²) in [5.41, 5.74) is 9.91. The van der Waals surface area contributed by atoms with Crippen LogP contribution in [0.2, 0.25) is 0 Å². The third-order valence-corrected chi connectivity index (χ3v) is 5.08. The molecular weight excluding hydrogens is 328 g/mol. The lowest BCUT2D eigenvalue weighted by atomic mass is 9.87. The van der Waals surface area contributed by atoms with E-state index in [0.717, 1.165) is 5.70 Å². The molecule has 0 radical (unpaired) electrons. The van der Waals surface area contributed by atoms with Crippen molar-refractivity contribution < 1.29 is 0 Å². The van der Waals surface area contributed by atoms with Gasteiger partial charge in [-0.05, 0) is 40.3 Å². The first-order chi connectivity index (χ1) is 13.0. The summed E-state index contributed by atoms with van der Waals surface area (Å²) in [4.78, 5) is 0. The number of nitrogens with one attached hydrogen (secondary N) is 1. The quantitative estimate of drug-likeness (QED) is 0.612. The molecule has 1 aliphatic heterocycles. The highest BCUT2D eigenvalue weighted by Gasteiger charge is 2.27. The van der Waals surface area contributed by atoms with Crippen molar-refractivity contribution in [3.63, 3.8) is 0 Å². The zero-order chi connectivity index (χ0) is 18.9. The monoisotopic (exact) mass is 354 g/mol. The maximum Gasteiger partial charge on any atom is 0.0958 e. The van der Waals surface area contributed by atoms with Gasteiger partial charge in [0.1, 0.15) is 0 Å². The molecule has 0 aliphatic carbocycles. The topological polar surface area (TPSA) is 15.3 Å². The summed E-state index contributed by atoms with van der Waals surface area (Å²) in [6.45, 7) is 6.74. The lowest BCUT2D eigenvalue weighted by Gasteiger charge is -2.28. The fourth-order valence-electron chi connectivity index (χ4n) is 3.49. The first kappa shape index (κ1) is 17.4. The van der Waals surface area contributed by atoms with Crippen molar-refractivity contribution in [2.45, 2.75) is 32.2 Å². The molecule has 2 heteroatoms. The normalized spacial score (nSPS) is 16.8. The van der Waals surface area contributed by atoms with Crippen LogP contribution in [0.4, 0.5) is 5.69 Å². The predicted octanol–water partition coefficient (Wildman–Crippen LogP) is 6.09. The van der Waals surface area contributed by atoms with Crippen LogP contribution in [0.5, 0.6) is 0 Å². The van der Waals surface area contributed by atoms with E-state index < -0.39 is 0 Å². The standard InChI is InChI=1S/C25H26N2/c1-25(2,3)21-14-16-22(17-15-21)27-24(20-12-8-5-9-13-20)18-23(26-27)19-10-6-4-7-11-19/h4-18,24,26H,1-3H3. The van der Waals surface area contributed by atoms with Crippen LogP contribution < -0.4 is 10.4 Å². The van der Waals surface area contributed by atoms with Crippen LogP contribution in [0.1, 0.15) is 43.5 Å². The van der Waals surface area contributed by atoms with Gasteiger partial charge in [0.05, 0.1) is 17.4 Å². The smallest absolute Gasteiger partial charge is 0.0958 e. The van der Waals surface area contributed by atoms with Gasteiger partial charge in [-0.15, -0.1) is 0 Å². The lowest BCUT2D eigenvalue weighted by Crippen LogP contribution is -2.34. The van der Waals surface area contributed by atoms with Crippen molar-refractivity contribution in [3.8, 4) is 0 Å². The van der Waals surface area contributed by atoms with E-state index in [-0.39, 0.29) is 11.5 Å². The Morgan fingerprint density at radius 1 is 0.741 bits per heavy atom. The molecule has 1 aliphatic rings. The Kier molecular flexibility index (Phi) is 4.49. The van der Waals surface area contributed by atoms with Crippen LogP contribution >= 0.6 is 0 Å². The van der Waals surface area contributed by atoms with E-state index in [1.807, 2.05) is 0 Å². The van der Waals surface area contributed by atoms with Gasteiger partial charge in [0.15, 0.2) is 0 Å². The molecule has 1 N–H and O–H groups in total. The lowest BCUT2D eigenvalue weighted by molar-refractivity contribution is 0.590. The Labute approximate surface area is 162 Å². The number of hydrogen-bond acceptors (Lipinski definition) is 2. The minimum atomic E-state index is 0.155. The molecule has 3 aromatic carbocycles. The zero-order valence-corrected chi connectivity index (χ0v) is 16.2. The molecule has 3 aromatic rings. The van der Waals surface area contributed by atoms with Gasteiger partial charge in [-0.2, -0.15) is 0 Å². The third kappa shape index (κ3) is 3.61. The Bertz CT molecular complexity index is 920. The summed E-state index contributed by atoms with van der Waals surface area (Å²) in [5, 5.41) is 2.25. The predicted molar refractivity (Wildman–Crippen MR) is 114 cm³/mol. The maximum absolute atomic E-state index is 3.62. The van der Waals surface area contributed by atoms with Crippen LogP contribution in [-0.2, 0) is 5.41 Å². The van der Waals surface area contributed by atoms with E-state index in [1.165, 1.54) is 22.4 Å².